The van der Waals surface area contributed by atoms with Crippen molar-refractivity contribution in [2.75, 3.05) is 6.61 Å². The summed E-state index contributed by atoms with van der Waals surface area (Å²) in [5, 5.41) is 20.5. The van der Waals surface area contributed by atoms with Crippen molar-refractivity contribution in [3.63, 3.8) is 0 Å². The summed E-state index contributed by atoms with van der Waals surface area (Å²) in [7, 11) is 0. The third-order valence-corrected chi connectivity index (χ3v) is 5.93. The second kappa shape index (κ2) is 13.8. The fraction of sp³-hybridized carbons (Fsp3) is 0.310. The Morgan fingerprint density at radius 1 is 0.838 bits per heavy atom. The van der Waals surface area contributed by atoms with E-state index in [1.54, 1.807) is 24.3 Å². The number of non-ortho nitro benzene ring substituents is 1. The van der Waals surface area contributed by atoms with E-state index in [2.05, 4.69) is 6.92 Å². The molecule has 0 bridgehead atoms. The Labute approximate surface area is 216 Å². The Morgan fingerprint density at radius 3 is 2.08 bits per heavy atom. The van der Waals surface area contributed by atoms with Gasteiger partial charge in [-0.15, -0.1) is 0 Å². The van der Waals surface area contributed by atoms with E-state index in [1.807, 2.05) is 0 Å². The maximum Gasteiger partial charge on any atom is 0.343 e. The summed E-state index contributed by atoms with van der Waals surface area (Å²) in [6, 6.07) is 16.4. The molecule has 0 radical (unpaired) electrons. The molecule has 3 rings (SSSR count). The number of benzene rings is 3. The number of carboxylic acid groups (broad SMARTS) is 1. The van der Waals surface area contributed by atoms with Gasteiger partial charge in [0.1, 0.15) is 11.5 Å². The number of nitro benzene ring substituents is 1. The monoisotopic (exact) mass is 505 g/mol. The number of carbonyl (C=O) groups is 2. The van der Waals surface area contributed by atoms with Crippen LogP contribution in [0.15, 0.2) is 66.7 Å². The fourth-order valence-corrected chi connectivity index (χ4v) is 3.88. The Morgan fingerprint density at radius 2 is 1.46 bits per heavy atom. The molecule has 0 aliphatic heterocycles. The lowest BCUT2D eigenvalue weighted by molar-refractivity contribution is -0.384. The molecule has 3 aromatic rings. The third kappa shape index (κ3) is 8.17. The summed E-state index contributed by atoms with van der Waals surface area (Å²) in [5.74, 6) is -0.962. The minimum atomic E-state index is -1.11. The molecule has 0 aliphatic carbocycles. The van der Waals surface area contributed by atoms with Gasteiger partial charge in [-0.3, -0.25) is 10.1 Å². The normalized spacial score (nSPS) is 10.6. The minimum absolute atomic E-state index is 0.0619. The number of nitro groups is 1. The maximum absolute atomic E-state index is 12.5. The molecule has 0 amide bonds. The molecule has 8 heteroatoms. The average Bonchev–Trinajstić information content (AvgIpc) is 2.90. The highest BCUT2D eigenvalue weighted by molar-refractivity contribution is 5.97. The van der Waals surface area contributed by atoms with Crippen molar-refractivity contribution >= 4 is 17.6 Å². The molecule has 0 saturated heterocycles. The minimum Gasteiger partial charge on any atom is -0.494 e. The Bertz CT molecular complexity index is 1200. The summed E-state index contributed by atoms with van der Waals surface area (Å²) in [4.78, 5) is 34.5. The first-order valence-corrected chi connectivity index (χ1v) is 12.5. The molecule has 0 heterocycles. The molecular formula is C29H31NO7. The smallest absolute Gasteiger partial charge is 0.343 e. The third-order valence-electron chi connectivity index (χ3n) is 5.93. The summed E-state index contributed by atoms with van der Waals surface area (Å²) in [6.45, 7) is 2.83. The zero-order chi connectivity index (χ0) is 26.6. The zero-order valence-electron chi connectivity index (χ0n) is 20.9. The average molecular weight is 506 g/mol. The number of unbranched alkanes of at least 4 members (excludes halogenated alkanes) is 6. The lowest BCUT2D eigenvalue weighted by Gasteiger charge is -2.11. The molecule has 0 aliphatic rings. The molecule has 8 nitrogen and oxygen atoms in total. The summed E-state index contributed by atoms with van der Waals surface area (Å²) in [6.07, 6.45) is 8.41. The van der Waals surface area contributed by atoms with Gasteiger partial charge in [0.2, 0.25) is 0 Å². The topological polar surface area (TPSA) is 116 Å². The SMILES string of the molecule is CCCCCCCCCOc1ccc(-c2cc(OC(=O)c3ccc([N+](=O)[O-])cc3)ccc2C(=O)O)cc1. The van der Waals surface area contributed by atoms with E-state index >= 15 is 0 Å². The van der Waals surface area contributed by atoms with Gasteiger partial charge >= 0.3 is 11.9 Å². The molecule has 0 fully saturated rings. The van der Waals surface area contributed by atoms with Crippen LogP contribution in [0.3, 0.4) is 0 Å². The molecule has 194 valence electrons. The predicted octanol–water partition coefficient (Wildman–Crippen LogP) is 7.31. The largest absolute Gasteiger partial charge is 0.494 e. The van der Waals surface area contributed by atoms with Crippen LogP contribution in [-0.2, 0) is 0 Å². The molecule has 37 heavy (non-hydrogen) atoms. The highest BCUT2D eigenvalue weighted by atomic mass is 16.6. The van der Waals surface area contributed by atoms with Crippen LogP contribution in [0, 0.1) is 10.1 Å². The Kier molecular flexibility index (Phi) is 10.2. The van der Waals surface area contributed by atoms with Crippen LogP contribution >= 0.6 is 0 Å². The van der Waals surface area contributed by atoms with Crippen LogP contribution in [0.2, 0.25) is 0 Å². The van der Waals surface area contributed by atoms with E-state index in [4.69, 9.17) is 9.47 Å². The van der Waals surface area contributed by atoms with E-state index < -0.39 is 16.9 Å². The molecule has 0 spiro atoms. The highest BCUT2D eigenvalue weighted by Crippen LogP contribution is 2.30. The molecule has 3 aromatic carbocycles. The number of hydrogen-bond acceptors (Lipinski definition) is 6. The van der Waals surface area contributed by atoms with Crippen LogP contribution in [-0.4, -0.2) is 28.6 Å². The number of ether oxygens (including phenoxy) is 2. The molecule has 0 unspecified atom stereocenters. The lowest BCUT2D eigenvalue weighted by Crippen LogP contribution is -2.09. The first kappa shape index (κ1) is 27.4. The van der Waals surface area contributed by atoms with Gasteiger partial charge in [-0.2, -0.15) is 0 Å². The Hall–Kier alpha value is -4.20. The van der Waals surface area contributed by atoms with Crippen molar-refractivity contribution in [2.24, 2.45) is 0 Å². The van der Waals surface area contributed by atoms with Crippen LogP contribution < -0.4 is 9.47 Å². The van der Waals surface area contributed by atoms with Crippen molar-refractivity contribution in [2.45, 2.75) is 51.9 Å². The molecule has 0 saturated carbocycles. The summed E-state index contributed by atoms with van der Waals surface area (Å²) in [5.41, 5.74) is 1.08. The lowest BCUT2D eigenvalue weighted by atomic mass is 9.99. The van der Waals surface area contributed by atoms with Gasteiger partial charge in [-0.25, -0.2) is 9.59 Å². The van der Waals surface area contributed by atoms with Crippen LogP contribution in [0.4, 0.5) is 5.69 Å². The van der Waals surface area contributed by atoms with Crippen molar-refractivity contribution < 1.29 is 29.1 Å². The van der Waals surface area contributed by atoms with Crippen LogP contribution in [0.5, 0.6) is 11.5 Å². The second-order valence-corrected chi connectivity index (χ2v) is 8.70. The predicted molar refractivity (Wildman–Crippen MR) is 140 cm³/mol. The van der Waals surface area contributed by atoms with Crippen molar-refractivity contribution in [1.29, 1.82) is 0 Å². The quantitative estimate of drug-likeness (QED) is 0.0802. The number of carbonyl (C=O) groups excluding carboxylic acids is 1. The van der Waals surface area contributed by atoms with Gasteiger partial charge < -0.3 is 14.6 Å². The van der Waals surface area contributed by atoms with Crippen molar-refractivity contribution in [1.82, 2.24) is 0 Å². The first-order valence-electron chi connectivity index (χ1n) is 12.5. The Balaban J connectivity index is 1.64. The molecular weight excluding hydrogens is 474 g/mol. The van der Waals surface area contributed by atoms with E-state index in [-0.39, 0.29) is 22.6 Å². The fourth-order valence-electron chi connectivity index (χ4n) is 3.88. The van der Waals surface area contributed by atoms with Crippen molar-refractivity contribution in [3.8, 4) is 22.6 Å². The summed E-state index contributed by atoms with van der Waals surface area (Å²) < 4.78 is 11.2. The van der Waals surface area contributed by atoms with Crippen molar-refractivity contribution in [3.05, 3.63) is 88.0 Å². The van der Waals surface area contributed by atoms with Crippen LogP contribution in [0.25, 0.3) is 11.1 Å². The zero-order valence-corrected chi connectivity index (χ0v) is 20.9. The summed E-state index contributed by atoms with van der Waals surface area (Å²) >= 11 is 0. The number of esters is 1. The molecule has 1 N–H and O–H groups in total. The van der Waals surface area contributed by atoms with E-state index in [0.717, 1.165) is 12.8 Å². The van der Waals surface area contributed by atoms with Gasteiger partial charge in [0.05, 0.1) is 22.7 Å². The van der Waals surface area contributed by atoms with Gasteiger partial charge in [0, 0.05) is 12.1 Å². The number of carboxylic acids is 1. The number of nitrogens with zero attached hydrogens (tertiary/aromatic N) is 1. The molecule has 0 aromatic heterocycles. The van der Waals surface area contributed by atoms with E-state index in [9.17, 15) is 24.8 Å². The van der Waals surface area contributed by atoms with Gasteiger partial charge in [0.15, 0.2) is 0 Å². The maximum atomic E-state index is 12.5. The van der Waals surface area contributed by atoms with Gasteiger partial charge in [-0.1, -0.05) is 57.6 Å². The molecule has 0 atom stereocenters. The first-order chi connectivity index (χ1) is 17.9. The standard InChI is InChI=1S/C29H31NO7/c1-2-3-4-5-6-7-8-19-36-24-15-11-21(12-16-24)27-20-25(17-18-26(27)28(31)32)37-29(33)22-9-13-23(14-10-22)30(34)35/h9-18,20H,2-8,19H2,1H3,(H,31,32). The highest BCUT2D eigenvalue weighted by Gasteiger charge is 2.16. The number of rotatable bonds is 14. The van der Waals surface area contributed by atoms with Gasteiger partial charge in [0.25, 0.3) is 5.69 Å². The van der Waals surface area contributed by atoms with E-state index in [0.29, 0.717) is 23.5 Å². The number of aromatic carboxylic acids is 1. The van der Waals surface area contributed by atoms with Gasteiger partial charge in [-0.05, 0) is 60.0 Å². The number of hydrogen-bond donors (Lipinski definition) is 1. The van der Waals surface area contributed by atoms with E-state index in [1.165, 1.54) is 74.6 Å². The second-order valence-electron chi connectivity index (χ2n) is 8.70. The van der Waals surface area contributed by atoms with Crippen LogP contribution in [0.1, 0.15) is 72.6 Å².